The first kappa shape index (κ1) is 17.3. The summed E-state index contributed by atoms with van der Waals surface area (Å²) in [6, 6.07) is 11.1. The summed E-state index contributed by atoms with van der Waals surface area (Å²) >= 11 is 1.59. The van der Waals surface area contributed by atoms with Gasteiger partial charge < -0.3 is 19.6 Å². The predicted octanol–water partition coefficient (Wildman–Crippen LogP) is 3.71. The van der Waals surface area contributed by atoms with Crippen LogP contribution in [-0.4, -0.2) is 30.0 Å². The van der Waals surface area contributed by atoms with E-state index in [1.165, 1.54) is 0 Å². The van der Waals surface area contributed by atoms with E-state index in [0.717, 1.165) is 20.8 Å². The number of aromatic nitrogens is 1. The number of hydrogen-bond acceptors (Lipinski definition) is 7. The van der Waals surface area contributed by atoms with Crippen molar-refractivity contribution in [1.82, 2.24) is 4.98 Å². The number of hydrogen-bond donors (Lipinski definition) is 1. The van der Waals surface area contributed by atoms with E-state index in [4.69, 9.17) is 14.3 Å². The van der Waals surface area contributed by atoms with Gasteiger partial charge in [0.1, 0.15) is 0 Å². The highest BCUT2D eigenvalue weighted by molar-refractivity contribution is 7.18. The smallest absolute Gasteiger partial charge is 0.265 e. The van der Waals surface area contributed by atoms with Gasteiger partial charge in [0, 0.05) is 11.3 Å². The molecular formula is C19H17N3O4S. The molecule has 0 aliphatic carbocycles. The first-order valence-corrected chi connectivity index (χ1v) is 9.14. The third-order valence-electron chi connectivity index (χ3n) is 3.97. The molecule has 0 spiro atoms. The minimum Gasteiger partial charge on any atom is -0.454 e. The molecule has 4 rings (SSSR count). The normalized spacial score (nSPS) is 13.0. The second-order valence-corrected chi connectivity index (χ2v) is 7.22. The summed E-state index contributed by atoms with van der Waals surface area (Å²) in [5.74, 6) is 1.10. The SMILES string of the molecule is C/C(=N/OCC(=O)Nc1ccc2nc(C)sc2c1)c1ccc2c(c1)OCO2. The first-order chi connectivity index (χ1) is 13.1. The van der Waals surface area contributed by atoms with Gasteiger partial charge in [0.05, 0.1) is 20.9 Å². The van der Waals surface area contributed by atoms with E-state index >= 15 is 0 Å². The number of nitrogens with one attached hydrogen (secondary N) is 1. The Morgan fingerprint density at radius 2 is 2.11 bits per heavy atom. The Morgan fingerprint density at radius 1 is 1.26 bits per heavy atom. The van der Waals surface area contributed by atoms with E-state index in [-0.39, 0.29) is 19.3 Å². The van der Waals surface area contributed by atoms with E-state index in [2.05, 4.69) is 15.5 Å². The number of carbonyl (C=O) groups is 1. The van der Waals surface area contributed by atoms with Crippen molar-refractivity contribution in [2.45, 2.75) is 13.8 Å². The fourth-order valence-corrected chi connectivity index (χ4v) is 3.54. The molecule has 3 aromatic rings. The van der Waals surface area contributed by atoms with Crippen LogP contribution >= 0.6 is 11.3 Å². The van der Waals surface area contributed by atoms with Gasteiger partial charge in [-0.2, -0.15) is 0 Å². The van der Waals surface area contributed by atoms with Gasteiger partial charge in [-0.3, -0.25) is 4.79 Å². The van der Waals surface area contributed by atoms with Gasteiger partial charge in [-0.25, -0.2) is 4.98 Å². The number of carbonyl (C=O) groups excluding carboxylic acids is 1. The molecule has 138 valence electrons. The molecule has 0 saturated carbocycles. The third kappa shape index (κ3) is 3.85. The Bertz CT molecular complexity index is 1040. The number of nitrogens with zero attached hydrogens (tertiary/aromatic N) is 2. The summed E-state index contributed by atoms with van der Waals surface area (Å²) in [6.07, 6.45) is 0. The van der Waals surface area contributed by atoms with E-state index in [0.29, 0.717) is 22.9 Å². The Morgan fingerprint density at radius 3 is 3.00 bits per heavy atom. The molecule has 0 unspecified atom stereocenters. The van der Waals surface area contributed by atoms with Crippen LogP contribution in [0.25, 0.3) is 10.2 Å². The van der Waals surface area contributed by atoms with Crippen LogP contribution in [0, 0.1) is 6.92 Å². The van der Waals surface area contributed by atoms with Gasteiger partial charge in [-0.1, -0.05) is 5.16 Å². The molecule has 2 heterocycles. The Hall–Kier alpha value is -3.13. The fourth-order valence-electron chi connectivity index (χ4n) is 2.68. The first-order valence-electron chi connectivity index (χ1n) is 8.32. The number of ether oxygens (including phenoxy) is 2. The molecule has 0 bridgehead atoms. The van der Waals surface area contributed by atoms with E-state index in [1.807, 2.05) is 43.3 Å². The van der Waals surface area contributed by atoms with E-state index < -0.39 is 0 Å². The highest BCUT2D eigenvalue weighted by Gasteiger charge is 2.14. The largest absolute Gasteiger partial charge is 0.454 e. The van der Waals surface area contributed by atoms with Crippen molar-refractivity contribution in [3.8, 4) is 11.5 Å². The maximum Gasteiger partial charge on any atom is 0.265 e. The van der Waals surface area contributed by atoms with Gasteiger partial charge in [0.2, 0.25) is 6.79 Å². The van der Waals surface area contributed by atoms with Crippen molar-refractivity contribution >= 4 is 38.9 Å². The minimum absolute atomic E-state index is 0.179. The molecule has 1 N–H and O–H groups in total. The van der Waals surface area contributed by atoms with Crippen LogP contribution in [-0.2, 0) is 9.63 Å². The highest BCUT2D eigenvalue weighted by atomic mass is 32.1. The van der Waals surface area contributed by atoms with Crippen LogP contribution in [0.2, 0.25) is 0 Å². The molecule has 1 amide bonds. The zero-order chi connectivity index (χ0) is 18.8. The maximum absolute atomic E-state index is 12.1. The molecule has 1 aromatic heterocycles. The summed E-state index contributed by atoms with van der Waals surface area (Å²) in [6.45, 7) is 3.80. The maximum atomic E-state index is 12.1. The average Bonchev–Trinajstić information content (AvgIpc) is 3.25. The molecule has 2 aromatic carbocycles. The molecule has 1 aliphatic rings. The van der Waals surface area contributed by atoms with Gasteiger partial charge in [0.25, 0.3) is 5.91 Å². The number of aryl methyl sites for hydroxylation is 1. The Balaban J connectivity index is 1.34. The van der Waals surface area contributed by atoms with Crippen LogP contribution in [0.3, 0.4) is 0 Å². The average molecular weight is 383 g/mol. The molecule has 8 heteroatoms. The summed E-state index contributed by atoms with van der Waals surface area (Å²) in [5.41, 5.74) is 3.11. The number of thiazole rings is 1. The van der Waals surface area contributed by atoms with Crippen molar-refractivity contribution in [3.63, 3.8) is 0 Å². The van der Waals surface area contributed by atoms with Crippen LogP contribution < -0.4 is 14.8 Å². The molecule has 0 saturated heterocycles. The van der Waals surface area contributed by atoms with Crippen LogP contribution in [0.15, 0.2) is 41.6 Å². The molecule has 0 atom stereocenters. The molecular weight excluding hydrogens is 366 g/mol. The standard InChI is InChI=1S/C19H17N3O4S/c1-11(13-3-6-16-17(7-13)25-10-24-16)22-26-9-19(23)21-14-4-5-15-18(8-14)27-12(2)20-15/h3-8H,9-10H2,1-2H3,(H,21,23)/b22-11-. The third-order valence-corrected chi connectivity index (χ3v) is 4.90. The summed E-state index contributed by atoms with van der Waals surface area (Å²) in [4.78, 5) is 21.7. The van der Waals surface area contributed by atoms with Crippen molar-refractivity contribution in [1.29, 1.82) is 0 Å². The lowest BCUT2D eigenvalue weighted by Gasteiger charge is -2.05. The number of benzene rings is 2. The number of oxime groups is 1. The highest BCUT2D eigenvalue weighted by Crippen LogP contribution is 2.32. The molecule has 0 fully saturated rings. The van der Waals surface area contributed by atoms with Crippen LogP contribution in [0.1, 0.15) is 17.5 Å². The molecule has 27 heavy (non-hydrogen) atoms. The monoisotopic (exact) mass is 383 g/mol. The summed E-state index contributed by atoms with van der Waals surface area (Å²) in [7, 11) is 0. The number of fused-ring (bicyclic) bond motifs is 2. The van der Waals surface area contributed by atoms with Crippen LogP contribution in [0.5, 0.6) is 11.5 Å². The fraction of sp³-hybridized carbons (Fsp3) is 0.211. The summed E-state index contributed by atoms with van der Waals surface area (Å²) in [5, 5.41) is 7.80. The van der Waals surface area contributed by atoms with Gasteiger partial charge >= 0.3 is 0 Å². The number of amides is 1. The van der Waals surface area contributed by atoms with Crippen molar-refractivity contribution < 1.29 is 19.1 Å². The van der Waals surface area contributed by atoms with Crippen molar-refractivity contribution in [3.05, 3.63) is 47.0 Å². The second kappa shape index (κ2) is 7.24. The van der Waals surface area contributed by atoms with Gasteiger partial charge in [0.15, 0.2) is 18.1 Å². The lowest BCUT2D eigenvalue weighted by Crippen LogP contribution is -2.17. The molecule has 1 aliphatic heterocycles. The second-order valence-electron chi connectivity index (χ2n) is 5.98. The van der Waals surface area contributed by atoms with Crippen molar-refractivity contribution in [2.75, 3.05) is 18.7 Å². The van der Waals surface area contributed by atoms with Crippen molar-refractivity contribution in [2.24, 2.45) is 5.16 Å². The predicted molar refractivity (Wildman–Crippen MR) is 104 cm³/mol. The zero-order valence-corrected chi connectivity index (χ0v) is 15.6. The minimum atomic E-state index is -0.280. The summed E-state index contributed by atoms with van der Waals surface area (Å²) < 4.78 is 11.7. The number of rotatable bonds is 5. The lowest BCUT2D eigenvalue weighted by molar-refractivity contribution is -0.120. The Labute approximate surface area is 159 Å². The van der Waals surface area contributed by atoms with E-state index in [1.54, 1.807) is 18.3 Å². The lowest BCUT2D eigenvalue weighted by atomic mass is 10.1. The quantitative estimate of drug-likeness (QED) is 0.536. The van der Waals surface area contributed by atoms with E-state index in [9.17, 15) is 4.79 Å². The van der Waals surface area contributed by atoms with Crippen LogP contribution in [0.4, 0.5) is 5.69 Å². The van der Waals surface area contributed by atoms with Gasteiger partial charge in [-0.15, -0.1) is 11.3 Å². The van der Waals surface area contributed by atoms with Gasteiger partial charge in [-0.05, 0) is 50.2 Å². The molecule has 7 nitrogen and oxygen atoms in total. The Kier molecular flexibility index (Phi) is 4.64. The zero-order valence-electron chi connectivity index (χ0n) is 14.8. The topological polar surface area (TPSA) is 82.0 Å². The molecule has 0 radical (unpaired) electrons. The number of anilines is 1.